The van der Waals surface area contributed by atoms with Gasteiger partial charge in [-0.3, -0.25) is 34.2 Å². The molecule has 6 rings (SSSR count). The van der Waals surface area contributed by atoms with Crippen molar-refractivity contribution in [2.45, 2.75) is 32.1 Å². The molecule has 0 bridgehead atoms. The number of carbonyl (C=O) groups is 4. The van der Waals surface area contributed by atoms with Crippen molar-refractivity contribution in [3.63, 3.8) is 0 Å². The number of nitro benzene ring substituents is 1. The number of phenolic OH excluding ortho intramolecular Hbond substituents is 1. The number of hydrogen-bond acceptors (Lipinski definition) is 7. The van der Waals surface area contributed by atoms with E-state index in [1.807, 2.05) is 6.08 Å². The van der Waals surface area contributed by atoms with Crippen molar-refractivity contribution < 1.29 is 29.2 Å². The van der Waals surface area contributed by atoms with E-state index in [-0.39, 0.29) is 41.5 Å². The normalized spacial score (nSPS) is 25.3. The van der Waals surface area contributed by atoms with Gasteiger partial charge in [0.25, 0.3) is 5.69 Å². The highest BCUT2D eigenvalue weighted by molar-refractivity contribution is 6.25. The topological polar surface area (TPSA) is 135 Å². The SMILES string of the molecule is C=CCc1cccc(C2C3=CCC4C(=O)N(c5ccc([N+](=O)[O-])cc5)C(=O)C4C3CC3=C2C(=O)C(C)=CC3=O)c1O. The van der Waals surface area contributed by atoms with Gasteiger partial charge in [-0.25, -0.2) is 0 Å². The summed E-state index contributed by atoms with van der Waals surface area (Å²) >= 11 is 0. The number of imide groups is 1. The number of benzene rings is 2. The number of carbonyl (C=O) groups excluding carboxylic acids is 4. The molecule has 1 saturated heterocycles. The van der Waals surface area contributed by atoms with Gasteiger partial charge in [-0.2, -0.15) is 0 Å². The maximum atomic E-state index is 13.9. The molecule has 206 valence electrons. The predicted molar refractivity (Wildman–Crippen MR) is 149 cm³/mol. The molecule has 1 N–H and O–H groups in total. The van der Waals surface area contributed by atoms with Crippen LogP contribution in [0.15, 0.2) is 89.6 Å². The molecule has 0 aromatic heterocycles. The number of fused-ring (bicyclic) bond motifs is 3. The van der Waals surface area contributed by atoms with E-state index in [2.05, 4.69) is 6.58 Å². The van der Waals surface area contributed by atoms with Crippen molar-refractivity contribution in [1.82, 2.24) is 0 Å². The second-order valence-electron chi connectivity index (χ2n) is 10.9. The van der Waals surface area contributed by atoms with E-state index in [9.17, 15) is 34.4 Å². The van der Waals surface area contributed by atoms with Crippen LogP contribution in [-0.4, -0.2) is 33.4 Å². The maximum absolute atomic E-state index is 13.9. The highest BCUT2D eigenvalue weighted by atomic mass is 16.6. The molecule has 9 heteroatoms. The van der Waals surface area contributed by atoms with Gasteiger partial charge in [0.15, 0.2) is 11.6 Å². The van der Waals surface area contributed by atoms with Crippen LogP contribution in [0.2, 0.25) is 0 Å². The molecule has 2 aromatic rings. The second-order valence-corrected chi connectivity index (χ2v) is 10.9. The number of nitrogens with zero attached hydrogens (tertiary/aromatic N) is 2. The summed E-state index contributed by atoms with van der Waals surface area (Å²) in [7, 11) is 0. The van der Waals surface area contributed by atoms with Crippen LogP contribution in [0.3, 0.4) is 0 Å². The van der Waals surface area contributed by atoms with E-state index < -0.39 is 40.4 Å². The van der Waals surface area contributed by atoms with Crippen molar-refractivity contribution in [2.75, 3.05) is 4.90 Å². The van der Waals surface area contributed by atoms with Gasteiger partial charge in [-0.1, -0.05) is 35.9 Å². The molecule has 41 heavy (non-hydrogen) atoms. The van der Waals surface area contributed by atoms with E-state index in [0.717, 1.165) is 10.5 Å². The number of para-hydroxylation sites is 1. The molecule has 3 aliphatic carbocycles. The molecule has 2 amide bonds. The fourth-order valence-electron chi connectivity index (χ4n) is 6.86. The molecule has 9 nitrogen and oxygen atoms in total. The van der Waals surface area contributed by atoms with Crippen LogP contribution in [0.4, 0.5) is 11.4 Å². The van der Waals surface area contributed by atoms with E-state index >= 15 is 0 Å². The van der Waals surface area contributed by atoms with Crippen molar-refractivity contribution >= 4 is 34.8 Å². The number of allylic oxidation sites excluding steroid dienone is 7. The van der Waals surface area contributed by atoms with Crippen molar-refractivity contribution in [3.8, 4) is 5.75 Å². The van der Waals surface area contributed by atoms with Crippen LogP contribution in [0, 0.1) is 27.9 Å². The molecule has 2 aromatic carbocycles. The Kier molecular flexibility index (Phi) is 6.17. The fraction of sp³-hybridized carbons (Fsp3) is 0.250. The minimum absolute atomic E-state index is 0.00158. The summed E-state index contributed by atoms with van der Waals surface area (Å²) in [5.41, 5.74) is 2.82. The van der Waals surface area contributed by atoms with Crippen LogP contribution >= 0.6 is 0 Å². The zero-order valence-electron chi connectivity index (χ0n) is 22.2. The van der Waals surface area contributed by atoms with Gasteiger partial charge in [0, 0.05) is 40.3 Å². The summed E-state index contributed by atoms with van der Waals surface area (Å²) in [6.45, 7) is 5.35. The summed E-state index contributed by atoms with van der Waals surface area (Å²) in [5.74, 6) is -4.22. The summed E-state index contributed by atoms with van der Waals surface area (Å²) in [5, 5.41) is 22.4. The fourth-order valence-corrected chi connectivity index (χ4v) is 6.86. The van der Waals surface area contributed by atoms with Crippen molar-refractivity contribution in [3.05, 3.63) is 111 Å². The average Bonchev–Trinajstić information content (AvgIpc) is 3.21. The number of rotatable bonds is 5. The molecule has 0 radical (unpaired) electrons. The third kappa shape index (κ3) is 3.91. The van der Waals surface area contributed by atoms with E-state index in [0.29, 0.717) is 34.3 Å². The minimum Gasteiger partial charge on any atom is -0.507 e. The number of hydrogen-bond donors (Lipinski definition) is 1. The number of aromatic hydroxyl groups is 1. The monoisotopic (exact) mass is 550 g/mol. The number of nitro groups is 1. The Labute approximate surface area is 235 Å². The minimum atomic E-state index is -0.789. The third-order valence-corrected chi connectivity index (χ3v) is 8.71. The Hall–Kier alpha value is -4.92. The molecule has 0 spiro atoms. The average molecular weight is 551 g/mol. The van der Waals surface area contributed by atoms with E-state index in [4.69, 9.17) is 0 Å². The first kappa shape index (κ1) is 26.3. The Balaban J connectivity index is 1.47. The molecule has 4 aliphatic rings. The predicted octanol–water partition coefficient (Wildman–Crippen LogP) is 4.66. The number of amides is 2. The van der Waals surface area contributed by atoms with Gasteiger partial charge < -0.3 is 5.11 Å². The molecule has 1 fully saturated rings. The standard InChI is InChI=1S/C32H26N2O7/c1-3-5-17-6-4-7-21(30(17)37)26-20-12-13-22-27(23(20)15-24-25(35)14-16(2)29(36)28(24)26)32(39)33(31(22)38)18-8-10-19(11-9-18)34(40)41/h3-4,6-12,14,22-23,26-27,37H,1,5,13,15H2,2H3. The smallest absolute Gasteiger partial charge is 0.269 e. The Bertz CT molecular complexity index is 1680. The number of Topliss-reactive ketones (excluding diaryl/α,β-unsaturated/α-hetero) is 1. The van der Waals surface area contributed by atoms with Gasteiger partial charge in [0.05, 0.1) is 22.4 Å². The van der Waals surface area contributed by atoms with Gasteiger partial charge in [-0.15, -0.1) is 6.58 Å². The number of anilines is 1. The van der Waals surface area contributed by atoms with Gasteiger partial charge in [-0.05, 0) is 55.9 Å². The van der Waals surface area contributed by atoms with Crippen LogP contribution in [-0.2, 0) is 25.6 Å². The first-order valence-electron chi connectivity index (χ1n) is 13.4. The first-order valence-corrected chi connectivity index (χ1v) is 13.4. The maximum Gasteiger partial charge on any atom is 0.269 e. The van der Waals surface area contributed by atoms with Crippen LogP contribution < -0.4 is 4.90 Å². The zero-order valence-corrected chi connectivity index (χ0v) is 22.2. The highest BCUT2D eigenvalue weighted by Crippen LogP contribution is 2.56. The summed E-state index contributed by atoms with van der Waals surface area (Å²) < 4.78 is 0. The summed E-state index contributed by atoms with van der Waals surface area (Å²) in [6, 6.07) is 10.5. The number of phenols is 1. The summed E-state index contributed by atoms with van der Waals surface area (Å²) in [4.78, 5) is 66.0. The van der Waals surface area contributed by atoms with Gasteiger partial charge >= 0.3 is 0 Å². The van der Waals surface area contributed by atoms with Crippen LogP contribution in [0.1, 0.15) is 36.8 Å². The lowest BCUT2D eigenvalue weighted by atomic mass is 9.59. The Morgan fingerprint density at radius 3 is 2.49 bits per heavy atom. The van der Waals surface area contributed by atoms with E-state index in [1.54, 1.807) is 31.2 Å². The number of ketones is 2. The molecular weight excluding hydrogens is 524 g/mol. The second kappa shape index (κ2) is 9.62. The van der Waals surface area contributed by atoms with Crippen LogP contribution in [0.5, 0.6) is 5.75 Å². The first-order chi connectivity index (χ1) is 19.6. The molecule has 4 atom stereocenters. The van der Waals surface area contributed by atoms with Crippen LogP contribution in [0.25, 0.3) is 0 Å². The lowest BCUT2D eigenvalue weighted by molar-refractivity contribution is -0.384. The van der Waals surface area contributed by atoms with E-state index in [1.165, 1.54) is 30.3 Å². The quantitative estimate of drug-likeness (QED) is 0.188. The molecule has 1 heterocycles. The lowest BCUT2D eigenvalue weighted by Crippen LogP contribution is -2.39. The Morgan fingerprint density at radius 1 is 1.07 bits per heavy atom. The highest BCUT2D eigenvalue weighted by Gasteiger charge is 2.56. The van der Waals surface area contributed by atoms with Gasteiger partial charge in [0.2, 0.25) is 11.8 Å². The van der Waals surface area contributed by atoms with Gasteiger partial charge in [0.1, 0.15) is 5.75 Å². The lowest BCUT2D eigenvalue weighted by Gasteiger charge is -2.42. The molecule has 4 unspecified atom stereocenters. The zero-order chi connectivity index (χ0) is 29.2. The largest absolute Gasteiger partial charge is 0.507 e. The van der Waals surface area contributed by atoms with Crippen molar-refractivity contribution in [1.29, 1.82) is 0 Å². The Morgan fingerprint density at radius 2 is 1.80 bits per heavy atom. The molecule has 0 saturated carbocycles. The third-order valence-electron chi connectivity index (χ3n) is 8.71. The molecular formula is C32H26N2O7. The number of non-ortho nitro benzene ring substituents is 1. The molecule has 1 aliphatic heterocycles. The van der Waals surface area contributed by atoms with Crippen molar-refractivity contribution in [2.24, 2.45) is 17.8 Å². The summed E-state index contributed by atoms with van der Waals surface area (Å²) in [6.07, 6.45) is 5.62.